The number of nitrogens with zero attached hydrogens (tertiary/aromatic N) is 2. The van der Waals surface area contributed by atoms with Crippen molar-refractivity contribution in [3.05, 3.63) is 24.3 Å². The summed E-state index contributed by atoms with van der Waals surface area (Å²) in [6.07, 6.45) is 2.35. The zero-order chi connectivity index (χ0) is 44.0. The number of nitrogens with one attached hydrogen (secondary N) is 4. The van der Waals surface area contributed by atoms with Gasteiger partial charge in [-0.25, -0.2) is 9.59 Å². The van der Waals surface area contributed by atoms with Crippen LogP contribution in [-0.2, 0) is 52.4 Å². The van der Waals surface area contributed by atoms with Crippen LogP contribution >= 0.6 is 7.44 Å². The Bertz CT molecular complexity index is 1460. The molecule has 0 aliphatic rings. The number of ketones is 2. The number of carbonyl (C=O) groups is 8. The molecule has 0 saturated carbocycles. The lowest BCUT2D eigenvalue weighted by molar-refractivity contribution is -0.147. The largest absolute Gasteiger partial charge is 0.478 e. The molecule has 0 rings (SSSR count). The van der Waals surface area contributed by atoms with Crippen molar-refractivity contribution in [2.24, 2.45) is 23.7 Å². The monoisotopic (exact) mass is 830 g/mol. The van der Waals surface area contributed by atoms with Crippen LogP contribution in [0.4, 0.5) is 0 Å². The summed E-state index contributed by atoms with van der Waals surface area (Å²) in [5.74, 6) is -6.91. The van der Waals surface area contributed by atoms with Gasteiger partial charge in [-0.3, -0.25) is 44.2 Å². The third-order valence-corrected chi connectivity index (χ3v) is 11.1. The molecule has 6 N–H and O–H groups in total. The van der Waals surface area contributed by atoms with Crippen LogP contribution in [0.5, 0.6) is 0 Å². The average molecular weight is 831 g/mol. The Morgan fingerprint density at radius 2 is 1.30 bits per heavy atom. The smallest absolute Gasteiger partial charge is 0.328 e. The maximum Gasteiger partial charge on any atom is 0.328 e. The number of rotatable bonds is 29. The second kappa shape index (κ2) is 26.6. The number of amides is 4. The van der Waals surface area contributed by atoms with E-state index < -0.39 is 55.3 Å². The van der Waals surface area contributed by atoms with Crippen LogP contribution in [0, 0.1) is 23.7 Å². The van der Waals surface area contributed by atoms with Crippen LogP contribution in [0.15, 0.2) is 24.3 Å². The molecule has 19 nitrogen and oxygen atoms in total. The fourth-order valence-electron chi connectivity index (χ4n) is 6.05. The van der Waals surface area contributed by atoms with E-state index in [0.717, 1.165) is 6.42 Å². The molecule has 0 aromatic heterocycles. The van der Waals surface area contributed by atoms with E-state index in [-0.39, 0.29) is 86.2 Å². The number of carboxylic acid groups (broad SMARTS) is 2. The number of ether oxygens (including phenoxy) is 2. The summed E-state index contributed by atoms with van der Waals surface area (Å²) in [4.78, 5) is 101. The number of Topliss-reactive ketones (excluding diaryl/α,β-unsaturated/α-hetero) is 2. The first-order valence-corrected chi connectivity index (χ1v) is 20.6. The molecular formula is C37H63N6O13P. The van der Waals surface area contributed by atoms with Gasteiger partial charge in [0.15, 0.2) is 5.78 Å². The molecule has 0 spiro atoms. The van der Waals surface area contributed by atoms with Gasteiger partial charge in [0.2, 0.25) is 19.3 Å². The third kappa shape index (κ3) is 20.1. The molecule has 0 aromatic carbocycles. The molecule has 0 saturated heterocycles. The Morgan fingerprint density at radius 1 is 0.772 bits per heavy atom. The van der Waals surface area contributed by atoms with Gasteiger partial charge in [0.25, 0.3) is 11.8 Å². The standard InChI is InChI=1S/C37H63N6O13P/c1-11-25(6)36(29(55-10)21-26(7)44)43(9)37(53)27(23(2)3)22-28(45)35(24(4)5)42(8)32(48)17-19-56-18-12-20-57(54,40-38-30(46)13-15-33(49)50)41-39-31(47)14-16-34(51)52/h13-16,23-25,27,29,35-36H,11-12,17-22H2,1-10H3,(H,38,46)(H,39,47)(H,49,50)(H,51,52)(H2,40,41,54)/b15-13-,16-14-/t25-,27-,29+,35-,36-/m0/s1. The minimum atomic E-state index is -3.86. The van der Waals surface area contributed by atoms with Gasteiger partial charge < -0.3 is 29.5 Å². The Balaban J connectivity index is 5.59. The molecular weight excluding hydrogens is 767 g/mol. The lowest BCUT2D eigenvalue weighted by atomic mass is 9.83. The second-order valence-corrected chi connectivity index (χ2v) is 16.8. The summed E-state index contributed by atoms with van der Waals surface area (Å²) >= 11 is 0. The van der Waals surface area contributed by atoms with Crippen molar-refractivity contribution in [1.82, 2.24) is 31.0 Å². The summed E-state index contributed by atoms with van der Waals surface area (Å²) in [5.41, 5.74) is 4.06. The molecule has 20 heteroatoms. The molecule has 4 amide bonds. The first kappa shape index (κ1) is 52.7. The Morgan fingerprint density at radius 3 is 1.72 bits per heavy atom. The number of hydrogen-bond donors (Lipinski definition) is 6. The summed E-state index contributed by atoms with van der Waals surface area (Å²) in [5, 5.41) is 21.8. The van der Waals surface area contributed by atoms with Crippen molar-refractivity contribution in [3.63, 3.8) is 0 Å². The van der Waals surface area contributed by atoms with Gasteiger partial charge in [-0.15, -0.1) is 0 Å². The molecule has 0 bridgehead atoms. The number of carbonyl (C=O) groups excluding carboxylic acids is 6. The molecule has 0 aliphatic heterocycles. The number of hydrogen-bond acceptors (Lipinski definition) is 11. The van der Waals surface area contributed by atoms with Crippen molar-refractivity contribution in [3.8, 4) is 0 Å². The highest BCUT2D eigenvalue weighted by molar-refractivity contribution is 7.59. The number of aliphatic carboxylic acids is 2. The predicted molar refractivity (Wildman–Crippen MR) is 210 cm³/mol. The van der Waals surface area contributed by atoms with Gasteiger partial charge in [0.05, 0.1) is 31.2 Å². The van der Waals surface area contributed by atoms with Gasteiger partial charge in [-0.1, -0.05) is 48.0 Å². The van der Waals surface area contributed by atoms with Crippen molar-refractivity contribution in [1.29, 1.82) is 0 Å². The first-order valence-electron chi connectivity index (χ1n) is 18.7. The predicted octanol–water partition coefficient (Wildman–Crippen LogP) is 2.08. The Kier molecular flexibility index (Phi) is 24.6. The van der Waals surface area contributed by atoms with Crippen LogP contribution in [0.25, 0.3) is 0 Å². The zero-order valence-corrected chi connectivity index (χ0v) is 35.6. The lowest BCUT2D eigenvalue weighted by Crippen LogP contribution is -2.53. The minimum absolute atomic E-state index is 0.00314. The van der Waals surface area contributed by atoms with E-state index in [4.69, 9.17) is 19.7 Å². The minimum Gasteiger partial charge on any atom is -0.478 e. The summed E-state index contributed by atoms with van der Waals surface area (Å²) < 4.78 is 24.6. The van der Waals surface area contributed by atoms with Gasteiger partial charge >= 0.3 is 11.9 Å². The molecule has 5 atom stereocenters. The number of methoxy groups -OCH3 is 1. The van der Waals surface area contributed by atoms with E-state index in [0.29, 0.717) is 24.3 Å². The van der Waals surface area contributed by atoms with Gasteiger partial charge in [0.1, 0.15) is 5.78 Å². The van der Waals surface area contributed by atoms with E-state index in [1.54, 1.807) is 25.8 Å². The number of carboxylic acids is 2. The summed E-state index contributed by atoms with van der Waals surface area (Å²) in [7, 11) is 0.837. The highest BCUT2D eigenvalue weighted by Gasteiger charge is 2.39. The molecule has 0 unspecified atom stereocenters. The lowest BCUT2D eigenvalue weighted by Gasteiger charge is -2.40. The SMILES string of the molecule is CC[C@H](C)[C@@H]([C@@H](CC(C)=O)OC)N(C)C(=O)[C@@H](CC(=O)[C@H](C(C)C)N(C)C(=O)CCOCCCP(=O)(NNC(=O)/C=C\C(=O)O)NNC(=O)/C=C\C(=O)O)C(C)C. The molecule has 0 radical (unpaired) electrons. The normalized spacial score (nSPS) is 14.5. The van der Waals surface area contributed by atoms with Crippen molar-refractivity contribution in [2.45, 2.75) is 98.8 Å². The van der Waals surface area contributed by atoms with Crippen LogP contribution < -0.4 is 21.2 Å². The quantitative estimate of drug-likeness (QED) is 0.0273. The molecule has 0 aliphatic carbocycles. The molecule has 324 valence electrons. The highest BCUT2D eigenvalue weighted by Crippen LogP contribution is 2.34. The van der Waals surface area contributed by atoms with Crippen LogP contribution in [0.3, 0.4) is 0 Å². The van der Waals surface area contributed by atoms with Crippen LogP contribution in [-0.4, -0.2) is 126 Å². The number of likely N-dealkylation sites (N-methyl/N-ethyl adjacent to an activating group) is 2. The van der Waals surface area contributed by atoms with E-state index >= 15 is 0 Å². The first-order chi connectivity index (χ1) is 26.5. The maximum atomic E-state index is 14.0. The van der Waals surface area contributed by atoms with Gasteiger partial charge in [-0.05, 0) is 31.1 Å². The van der Waals surface area contributed by atoms with E-state index in [9.17, 15) is 42.9 Å². The average Bonchev–Trinajstić information content (AvgIpc) is 3.13. The Labute approximate surface area is 335 Å². The summed E-state index contributed by atoms with van der Waals surface area (Å²) in [6, 6.07) is -1.24. The zero-order valence-electron chi connectivity index (χ0n) is 34.7. The topological polar surface area (TPSA) is 267 Å². The molecule has 0 heterocycles. The van der Waals surface area contributed by atoms with E-state index in [1.807, 2.05) is 38.5 Å². The van der Waals surface area contributed by atoms with Gasteiger partial charge in [0, 0.05) is 77.0 Å². The Hall–Kier alpha value is -4.29. The van der Waals surface area contributed by atoms with Crippen molar-refractivity contribution in [2.75, 3.05) is 40.6 Å². The molecule has 57 heavy (non-hydrogen) atoms. The number of hydrazine groups is 2. The van der Waals surface area contributed by atoms with E-state index in [1.165, 1.54) is 26.0 Å². The third-order valence-electron chi connectivity index (χ3n) is 9.21. The second-order valence-electron chi connectivity index (χ2n) is 14.4. The highest BCUT2D eigenvalue weighted by atomic mass is 31.2. The van der Waals surface area contributed by atoms with Gasteiger partial charge in [-0.2, -0.15) is 10.4 Å². The van der Waals surface area contributed by atoms with E-state index in [2.05, 4.69) is 10.4 Å². The molecule has 0 fully saturated rings. The fourth-order valence-corrected chi connectivity index (χ4v) is 7.48. The maximum absolute atomic E-state index is 14.0. The fraction of sp³-hybridized carbons (Fsp3) is 0.676. The molecule has 0 aromatic rings. The van der Waals surface area contributed by atoms with Crippen molar-refractivity contribution < 1.29 is 62.6 Å². The van der Waals surface area contributed by atoms with Crippen LogP contribution in [0.1, 0.15) is 80.6 Å². The van der Waals surface area contributed by atoms with Crippen molar-refractivity contribution >= 4 is 54.6 Å². The summed E-state index contributed by atoms with van der Waals surface area (Å²) in [6.45, 7) is 12.7. The van der Waals surface area contributed by atoms with Crippen LogP contribution in [0.2, 0.25) is 0 Å².